The molecule has 140 valence electrons. The molecule has 0 aliphatic rings. The third-order valence-corrected chi connectivity index (χ3v) is 8.76. The molecule has 4 nitrogen and oxygen atoms in total. The standard InChI is InChI=1S/C21H30N3OP/c1-5-23(6-2)26(24(7-3)8-4,20-17-13-10-14-18-20)22-21(25)19-15-11-9-12-16-19/h9-18H,5-8H2,1-4H3. The molecule has 0 fully saturated rings. The first-order chi connectivity index (χ1) is 12.6. The number of rotatable bonds is 8. The van der Waals surface area contributed by atoms with E-state index in [1.165, 1.54) is 0 Å². The molecular weight excluding hydrogens is 341 g/mol. The number of carbonyl (C=O) groups is 1. The van der Waals surface area contributed by atoms with Crippen LogP contribution in [0.2, 0.25) is 0 Å². The van der Waals surface area contributed by atoms with Crippen molar-refractivity contribution in [2.24, 2.45) is 4.74 Å². The Bertz CT molecular complexity index is 722. The highest BCUT2D eigenvalue weighted by Gasteiger charge is 2.34. The molecule has 2 rings (SSSR count). The van der Waals surface area contributed by atoms with Crippen molar-refractivity contribution < 1.29 is 4.79 Å². The molecule has 2 aromatic rings. The lowest BCUT2D eigenvalue weighted by molar-refractivity contribution is 0.100. The summed E-state index contributed by atoms with van der Waals surface area (Å²) in [5.74, 6) is -0.137. The number of benzene rings is 2. The minimum absolute atomic E-state index is 0.137. The van der Waals surface area contributed by atoms with Crippen molar-refractivity contribution in [2.45, 2.75) is 27.7 Å². The Labute approximate surface area is 158 Å². The third kappa shape index (κ3) is 4.15. The first kappa shape index (κ1) is 20.6. The van der Waals surface area contributed by atoms with E-state index in [0.29, 0.717) is 5.56 Å². The van der Waals surface area contributed by atoms with Crippen LogP contribution in [0.25, 0.3) is 0 Å². The summed E-state index contributed by atoms with van der Waals surface area (Å²) in [6.45, 7) is 12.0. The zero-order valence-corrected chi connectivity index (χ0v) is 17.2. The number of amides is 1. The fraction of sp³-hybridized carbons (Fsp3) is 0.381. The molecule has 0 unspecified atom stereocenters. The summed E-state index contributed by atoms with van der Waals surface area (Å²) in [7, 11) is -2.35. The average Bonchev–Trinajstić information content (AvgIpc) is 2.70. The molecule has 2 aromatic carbocycles. The highest BCUT2D eigenvalue weighted by Crippen LogP contribution is 2.55. The third-order valence-electron chi connectivity index (χ3n) is 4.60. The van der Waals surface area contributed by atoms with Gasteiger partial charge in [-0.2, -0.15) is 4.74 Å². The fourth-order valence-corrected chi connectivity index (χ4v) is 7.22. The van der Waals surface area contributed by atoms with Crippen molar-refractivity contribution in [2.75, 3.05) is 26.2 Å². The highest BCUT2D eigenvalue weighted by molar-refractivity contribution is 7.69. The maximum atomic E-state index is 13.1. The summed E-state index contributed by atoms with van der Waals surface area (Å²) in [5, 5.41) is 1.14. The van der Waals surface area contributed by atoms with Crippen LogP contribution in [-0.4, -0.2) is 41.4 Å². The number of hydrogen-bond acceptors (Lipinski definition) is 1. The monoisotopic (exact) mass is 371 g/mol. The zero-order chi connectivity index (χ0) is 19.0. The molecule has 0 atom stereocenters. The second kappa shape index (κ2) is 9.82. The molecule has 0 aliphatic carbocycles. The molecule has 1 amide bonds. The van der Waals surface area contributed by atoms with Gasteiger partial charge in [-0.3, -0.25) is 14.1 Å². The Morgan fingerprint density at radius 2 is 1.19 bits per heavy atom. The molecule has 26 heavy (non-hydrogen) atoms. The topological polar surface area (TPSA) is 35.9 Å². The molecule has 0 saturated carbocycles. The van der Waals surface area contributed by atoms with Crippen LogP contribution in [0.3, 0.4) is 0 Å². The molecule has 0 aromatic heterocycles. The van der Waals surface area contributed by atoms with Crippen LogP contribution in [0.1, 0.15) is 38.1 Å². The predicted octanol–water partition coefficient (Wildman–Crippen LogP) is 4.87. The zero-order valence-electron chi connectivity index (χ0n) is 16.3. The molecule has 5 heteroatoms. The minimum atomic E-state index is -2.35. The largest absolute Gasteiger partial charge is 0.278 e. The van der Waals surface area contributed by atoms with E-state index in [1.807, 2.05) is 48.5 Å². The van der Waals surface area contributed by atoms with Gasteiger partial charge in [-0.15, -0.1) is 0 Å². The van der Waals surface area contributed by atoms with Crippen molar-refractivity contribution in [1.29, 1.82) is 0 Å². The maximum Gasteiger partial charge on any atom is 0.278 e. The van der Waals surface area contributed by atoms with Gasteiger partial charge in [0.15, 0.2) is 0 Å². The SMILES string of the molecule is CCN(CC)P(=NC(=O)c1ccccc1)(c1ccccc1)N(CC)CC. The average molecular weight is 371 g/mol. The number of nitrogens with zero attached hydrogens (tertiary/aromatic N) is 3. The highest BCUT2D eigenvalue weighted by atomic mass is 31.2. The Morgan fingerprint density at radius 1 is 0.769 bits per heavy atom. The van der Waals surface area contributed by atoms with E-state index < -0.39 is 7.36 Å². The predicted molar refractivity (Wildman–Crippen MR) is 112 cm³/mol. The van der Waals surface area contributed by atoms with Crippen LogP contribution in [-0.2, 0) is 0 Å². The Balaban J connectivity index is 2.77. The number of hydrogen-bond donors (Lipinski definition) is 0. The van der Waals surface area contributed by atoms with E-state index in [9.17, 15) is 4.79 Å². The Kier molecular flexibility index (Phi) is 7.77. The summed E-state index contributed by atoms with van der Waals surface area (Å²) in [6.07, 6.45) is 0. The van der Waals surface area contributed by atoms with Gasteiger partial charge >= 0.3 is 0 Å². The van der Waals surface area contributed by atoms with E-state index in [4.69, 9.17) is 4.74 Å². The first-order valence-electron chi connectivity index (χ1n) is 9.42. The van der Waals surface area contributed by atoms with Gasteiger partial charge in [-0.25, -0.2) is 0 Å². The summed E-state index contributed by atoms with van der Waals surface area (Å²) in [4.78, 5) is 13.1. The second-order valence-corrected chi connectivity index (χ2v) is 8.94. The second-order valence-electron chi connectivity index (χ2n) is 5.95. The van der Waals surface area contributed by atoms with Crippen molar-refractivity contribution in [3.63, 3.8) is 0 Å². The van der Waals surface area contributed by atoms with E-state index >= 15 is 0 Å². The molecule has 0 spiro atoms. The van der Waals surface area contributed by atoms with E-state index in [1.54, 1.807) is 0 Å². The molecule has 0 aliphatic heterocycles. The van der Waals surface area contributed by atoms with E-state index in [-0.39, 0.29) is 5.91 Å². The Morgan fingerprint density at radius 3 is 1.62 bits per heavy atom. The summed E-state index contributed by atoms with van der Waals surface area (Å²) in [5.41, 5.74) is 0.645. The van der Waals surface area contributed by atoms with Gasteiger partial charge in [0.1, 0.15) is 7.36 Å². The first-order valence-corrected chi connectivity index (χ1v) is 11.1. The van der Waals surface area contributed by atoms with Crippen LogP contribution in [0.5, 0.6) is 0 Å². The molecular formula is C21H30N3OP. The summed E-state index contributed by atoms with van der Waals surface area (Å²) >= 11 is 0. The smallest absolute Gasteiger partial charge is 0.267 e. The van der Waals surface area contributed by atoms with Crippen molar-refractivity contribution in [3.8, 4) is 0 Å². The van der Waals surface area contributed by atoms with Gasteiger partial charge in [0.2, 0.25) is 0 Å². The molecule has 0 N–H and O–H groups in total. The van der Waals surface area contributed by atoms with Crippen LogP contribution >= 0.6 is 7.36 Å². The molecule has 0 heterocycles. The van der Waals surface area contributed by atoms with Crippen molar-refractivity contribution in [1.82, 2.24) is 9.34 Å². The van der Waals surface area contributed by atoms with E-state index in [2.05, 4.69) is 49.2 Å². The van der Waals surface area contributed by atoms with Crippen LogP contribution in [0, 0.1) is 0 Å². The molecule has 0 saturated heterocycles. The van der Waals surface area contributed by atoms with Crippen molar-refractivity contribution >= 4 is 18.6 Å². The summed E-state index contributed by atoms with van der Waals surface area (Å²) in [6, 6.07) is 19.7. The lowest BCUT2D eigenvalue weighted by Gasteiger charge is -2.42. The lowest BCUT2D eigenvalue weighted by Crippen LogP contribution is -2.37. The van der Waals surface area contributed by atoms with Gasteiger partial charge in [-0.1, -0.05) is 76.2 Å². The molecule has 0 radical (unpaired) electrons. The van der Waals surface area contributed by atoms with Gasteiger partial charge in [0.05, 0.1) is 0 Å². The minimum Gasteiger partial charge on any atom is -0.267 e. The van der Waals surface area contributed by atoms with Crippen LogP contribution in [0.4, 0.5) is 0 Å². The van der Waals surface area contributed by atoms with E-state index in [0.717, 1.165) is 31.5 Å². The fourth-order valence-electron chi connectivity index (χ4n) is 3.32. The maximum absolute atomic E-state index is 13.1. The van der Waals surface area contributed by atoms with Gasteiger partial charge < -0.3 is 0 Å². The summed E-state index contributed by atoms with van der Waals surface area (Å²) < 4.78 is 9.70. The normalized spacial score (nSPS) is 11.8. The van der Waals surface area contributed by atoms with Crippen molar-refractivity contribution in [3.05, 3.63) is 66.2 Å². The van der Waals surface area contributed by atoms with Gasteiger partial charge in [0, 0.05) is 37.0 Å². The van der Waals surface area contributed by atoms with Gasteiger partial charge in [-0.05, 0) is 12.1 Å². The quantitative estimate of drug-likeness (QED) is 0.621. The lowest BCUT2D eigenvalue weighted by atomic mass is 10.2. The van der Waals surface area contributed by atoms with Crippen LogP contribution < -0.4 is 5.30 Å². The number of carbonyl (C=O) groups excluding carboxylic acids is 1. The molecule has 0 bridgehead atoms. The van der Waals surface area contributed by atoms with Gasteiger partial charge in [0.25, 0.3) is 5.91 Å². The Hall–Kier alpha value is -1.74. The van der Waals surface area contributed by atoms with Crippen LogP contribution in [0.15, 0.2) is 65.4 Å².